The number of nitrogens with one attached hydrogen (secondary N) is 2. The minimum absolute atomic E-state index is 0. The van der Waals surface area contributed by atoms with Crippen molar-refractivity contribution in [2.75, 3.05) is 39.3 Å². The van der Waals surface area contributed by atoms with Gasteiger partial charge < -0.3 is 21.3 Å². The molecule has 1 saturated heterocycles. The lowest BCUT2D eigenvalue weighted by Gasteiger charge is -2.30. The monoisotopic (exact) mass is 356 g/mol. The molecule has 0 radical (unpaired) electrons. The molecule has 1 rings (SSSR count). The molecule has 4 N–H and O–H groups in total. The van der Waals surface area contributed by atoms with Crippen molar-refractivity contribution in [3.05, 3.63) is 0 Å². The maximum Gasteiger partial charge on any atom is 0.239 e. The molecule has 1 unspecified atom stereocenters. The molecular formula is C14H30Cl2N4O2. The molecule has 1 fully saturated rings. The molecule has 6 nitrogen and oxygen atoms in total. The molecule has 1 aliphatic rings. The summed E-state index contributed by atoms with van der Waals surface area (Å²) in [5.41, 5.74) is 5.13. The highest BCUT2D eigenvalue weighted by Crippen LogP contribution is 2.15. The standard InChI is InChI=1S/C14H28N4O2.2ClH/c1-12-5-4-8-18(11-12)7-3-2-6-16-14(20)10-17-13(19)9-15;;/h12H,2-11,15H2,1H3,(H,16,20)(H,17,19);2*1H. The van der Waals surface area contributed by atoms with Crippen LogP contribution in [0.2, 0.25) is 0 Å². The Labute approximate surface area is 145 Å². The van der Waals surface area contributed by atoms with Crippen molar-refractivity contribution >= 4 is 36.6 Å². The fourth-order valence-corrected chi connectivity index (χ4v) is 2.49. The molecule has 1 atom stereocenters. The minimum atomic E-state index is -0.306. The highest BCUT2D eigenvalue weighted by molar-refractivity contribution is 5.86. The lowest BCUT2D eigenvalue weighted by atomic mass is 10.0. The van der Waals surface area contributed by atoms with Gasteiger partial charge in [0.05, 0.1) is 13.1 Å². The maximum atomic E-state index is 11.4. The summed E-state index contributed by atoms with van der Waals surface area (Å²) in [6, 6.07) is 0. The van der Waals surface area contributed by atoms with E-state index in [9.17, 15) is 9.59 Å². The first kappa shape index (κ1) is 23.7. The van der Waals surface area contributed by atoms with E-state index in [2.05, 4.69) is 22.5 Å². The predicted molar refractivity (Wildman–Crippen MR) is 93.6 cm³/mol. The molecule has 1 heterocycles. The summed E-state index contributed by atoms with van der Waals surface area (Å²) in [6.45, 7) is 6.44. The zero-order valence-corrected chi connectivity index (χ0v) is 14.9. The zero-order valence-electron chi connectivity index (χ0n) is 13.3. The third-order valence-corrected chi connectivity index (χ3v) is 3.60. The Balaban J connectivity index is 0. The Kier molecular flexibility index (Phi) is 15.1. The van der Waals surface area contributed by atoms with Gasteiger partial charge in [0.15, 0.2) is 0 Å². The first-order valence-corrected chi connectivity index (χ1v) is 7.57. The first-order chi connectivity index (χ1) is 9.61. The summed E-state index contributed by atoms with van der Waals surface area (Å²) >= 11 is 0. The number of halogens is 2. The second kappa shape index (κ2) is 14.1. The van der Waals surface area contributed by atoms with Gasteiger partial charge in [-0.15, -0.1) is 24.8 Å². The number of nitrogens with two attached hydrogens (primary N) is 1. The molecule has 132 valence electrons. The minimum Gasteiger partial charge on any atom is -0.355 e. The number of carbonyl (C=O) groups excluding carboxylic acids is 2. The Bertz CT molecular complexity index is 319. The van der Waals surface area contributed by atoms with Crippen LogP contribution in [0.25, 0.3) is 0 Å². The first-order valence-electron chi connectivity index (χ1n) is 7.57. The third kappa shape index (κ3) is 11.1. The van der Waals surface area contributed by atoms with Crippen molar-refractivity contribution in [1.29, 1.82) is 0 Å². The number of nitrogens with zero attached hydrogens (tertiary/aromatic N) is 1. The van der Waals surface area contributed by atoms with Gasteiger partial charge >= 0.3 is 0 Å². The van der Waals surface area contributed by atoms with E-state index < -0.39 is 0 Å². The molecule has 22 heavy (non-hydrogen) atoms. The van der Waals surface area contributed by atoms with E-state index >= 15 is 0 Å². The molecule has 0 bridgehead atoms. The highest BCUT2D eigenvalue weighted by atomic mass is 35.5. The third-order valence-electron chi connectivity index (χ3n) is 3.60. The van der Waals surface area contributed by atoms with Crippen LogP contribution in [0.3, 0.4) is 0 Å². The van der Waals surface area contributed by atoms with Crippen LogP contribution in [0, 0.1) is 5.92 Å². The number of piperidine rings is 1. The van der Waals surface area contributed by atoms with Gasteiger partial charge in [0.25, 0.3) is 0 Å². The molecule has 0 aromatic carbocycles. The Morgan fingerprint density at radius 2 is 1.91 bits per heavy atom. The lowest BCUT2D eigenvalue weighted by Crippen LogP contribution is -2.40. The second-order valence-electron chi connectivity index (χ2n) is 5.59. The smallest absolute Gasteiger partial charge is 0.239 e. The molecule has 0 spiro atoms. The number of hydrogen-bond acceptors (Lipinski definition) is 4. The largest absolute Gasteiger partial charge is 0.355 e. The van der Waals surface area contributed by atoms with Crippen LogP contribution in [0.15, 0.2) is 0 Å². The molecule has 2 amide bonds. The summed E-state index contributed by atoms with van der Waals surface area (Å²) in [6.07, 6.45) is 4.73. The highest BCUT2D eigenvalue weighted by Gasteiger charge is 2.15. The van der Waals surface area contributed by atoms with Crippen molar-refractivity contribution in [1.82, 2.24) is 15.5 Å². The van der Waals surface area contributed by atoms with E-state index in [4.69, 9.17) is 5.73 Å². The van der Waals surface area contributed by atoms with E-state index in [1.165, 1.54) is 25.9 Å². The van der Waals surface area contributed by atoms with Gasteiger partial charge in [-0.1, -0.05) is 6.92 Å². The molecule has 8 heteroatoms. The van der Waals surface area contributed by atoms with Crippen molar-refractivity contribution in [2.45, 2.75) is 32.6 Å². The Morgan fingerprint density at radius 1 is 1.18 bits per heavy atom. The number of carbonyl (C=O) groups is 2. The van der Waals surface area contributed by atoms with Crippen LogP contribution in [0.1, 0.15) is 32.6 Å². The van der Waals surface area contributed by atoms with E-state index in [1.807, 2.05) is 0 Å². The number of unbranched alkanes of at least 4 members (excludes halogenated alkanes) is 1. The normalized spacial score (nSPS) is 17.8. The van der Waals surface area contributed by atoms with Gasteiger partial charge in [0.1, 0.15) is 0 Å². The fourth-order valence-electron chi connectivity index (χ4n) is 2.49. The quantitative estimate of drug-likeness (QED) is 0.553. The zero-order chi connectivity index (χ0) is 14.8. The number of hydrogen-bond donors (Lipinski definition) is 3. The molecule has 0 aliphatic carbocycles. The van der Waals surface area contributed by atoms with Crippen molar-refractivity contribution in [3.8, 4) is 0 Å². The van der Waals surface area contributed by atoms with Gasteiger partial charge in [0.2, 0.25) is 11.8 Å². The Hall–Kier alpha value is -0.560. The number of rotatable bonds is 8. The fraction of sp³-hybridized carbons (Fsp3) is 0.857. The van der Waals surface area contributed by atoms with Crippen LogP contribution >= 0.6 is 24.8 Å². The van der Waals surface area contributed by atoms with Gasteiger partial charge in [-0.2, -0.15) is 0 Å². The van der Waals surface area contributed by atoms with Crippen LogP contribution in [0.5, 0.6) is 0 Å². The molecule has 1 aliphatic heterocycles. The van der Waals surface area contributed by atoms with E-state index in [0.29, 0.717) is 6.54 Å². The predicted octanol–water partition coefficient (Wildman–Crippen LogP) is 0.533. The number of likely N-dealkylation sites (tertiary alicyclic amines) is 1. The van der Waals surface area contributed by atoms with Crippen LogP contribution in [-0.4, -0.2) is 56.0 Å². The lowest BCUT2D eigenvalue weighted by molar-refractivity contribution is -0.125. The van der Waals surface area contributed by atoms with Crippen LogP contribution in [0.4, 0.5) is 0 Å². The van der Waals surface area contributed by atoms with Gasteiger partial charge in [-0.3, -0.25) is 9.59 Å². The van der Waals surface area contributed by atoms with Crippen LogP contribution in [-0.2, 0) is 9.59 Å². The van der Waals surface area contributed by atoms with Gasteiger partial charge in [-0.05, 0) is 44.7 Å². The summed E-state index contributed by atoms with van der Waals surface area (Å²) in [5.74, 6) is 0.354. The maximum absolute atomic E-state index is 11.4. The molecule has 0 aromatic heterocycles. The SMILES string of the molecule is CC1CCCN(CCCCNC(=O)CNC(=O)CN)C1.Cl.Cl. The summed E-state index contributed by atoms with van der Waals surface area (Å²) in [5, 5.41) is 5.24. The summed E-state index contributed by atoms with van der Waals surface area (Å²) in [7, 11) is 0. The average Bonchev–Trinajstić information content (AvgIpc) is 2.44. The van der Waals surface area contributed by atoms with Crippen molar-refractivity contribution < 1.29 is 9.59 Å². The number of amides is 2. The second-order valence-corrected chi connectivity index (χ2v) is 5.59. The molecule has 0 saturated carbocycles. The summed E-state index contributed by atoms with van der Waals surface area (Å²) < 4.78 is 0. The van der Waals surface area contributed by atoms with Crippen molar-refractivity contribution in [3.63, 3.8) is 0 Å². The van der Waals surface area contributed by atoms with Crippen molar-refractivity contribution in [2.24, 2.45) is 11.7 Å². The van der Waals surface area contributed by atoms with Gasteiger partial charge in [0, 0.05) is 13.1 Å². The topological polar surface area (TPSA) is 87.5 Å². The summed E-state index contributed by atoms with van der Waals surface area (Å²) in [4.78, 5) is 24.8. The molecular weight excluding hydrogens is 327 g/mol. The Morgan fingerprint density at radius 3 is 2.55 bits per heavy atom. The van der Waals surface area contributed by atoms with Gasteiger partial charge in [-0.25, -0.2) is 0 Å². The molecule has 0 aromatic rings. The van der Waals surface area contributed by atoms with E-state index in [-0.39, 0.29) is 49.7 Å². The van der Waals surface area contributed by atoms with E-state index in [1.54, 1.807) is 0 Å². The average molecular weight is 357 g/mol. The van der Waals surface area contributed by atoms with E-state index in [0.717, 1.165) is 25.3 Å². The van der Waals surface area contributed by atoms with Crippen LogP contribution < -0.4 is 16.4 Å².